The van der Waals surface area contributed by atoms with Crippen LogP contribution in [0.25, 0.3) is 0 Å². The highest BCUT2D eigenvalue weighted by molar-refractivity contribution is 5.23. The predicted molar refractivity (Wildman–Crippen MR) is 45.0 cm³/mol. The first-order valence-corrected chi connectivity index (χ1v) is 3.41. The van der Waals surface area contributed by atoms with Gasteiger partial charge in [-0.2, -0.15) is 0 Å². The topological polar surface area (TPSA) is 20.2 Å². The molecule has 0 aliphatic rings. The zero-order valence-electron chi connectivity index (χ0n) is 6.43. The van der Waals surface area contributed by atoms with Crippen LogP contribution in [0.2, 0.25) is 0 Å². The van der Waals surface area contributed by atoms with Gasteiger partial charge in [0.05, 0.1) is 0 Å². The second-order valence-electron chi connectivity index (χ2n) is 2.16. The van der Waals surface area contributed by atoms with Crippen molar-refractivity contribution < 1.29 is 5.11 Å². The Morgan fingerprint density at radius 3 is 2.50 bits per heavy atom. The zero-order chi connectivity index (χ0) is 7.98. The fraction of sp³-hybridized carbons (Fsp3) is 0.333. The molecule has 0 atom stereocenters. The van der Waals surface area contributed by atoms with E-state index in [0.29, 0.717) is 0 Å². The molecule has 1 heteroatoms. The maximum absolute atomic E-state index is 8.76. The molecule has 0 amide bonds. The summed E-state index contributed by atoms with van der Waals surface area (Å²) < 4.78 is 0. The summed E-state index contributed by atoms with van der Waals surface area (Å²) in [5.41, 5.74) is 1.04. The molecule has 0 radical (unpaired) electrons. The summed E-state index contributed by atoms with van der Waals surface area (Å²) in [6.45, 7) is 9.05. The monoisotopic (exact) mass is 138 g/mol. The maximum atomic E-state index is 8.76. The lowest BCUT2D eigenvalue weighted by Crippen LogP contribution is -1.78. The van der Waals surface area contributed by atoms with Gasteiger partial charge in [0.15, 0.2) is 0 Å². The fourth-order valence-corrected chi connectivity index (χ4v) is 0.736. The van der Waals surface area contributed by atoms with E-state index in [1.807, 2.05) is 0 Å². The molecule has 0 heterocycles. The standard InChI is InChI=1S/C9H14O/c1-4-6-9(5-2)7-8(3)10/h5,7,10H,2-4,6H2,1H3/b9-7+. The van der Waals surface area contributed by atoms with Crippen LogP contribution in [-0.2, 0) is 0 Å². The van der Waals surface area contributed by atoms with Gasteiger partial charge >= 0.3 is 0 Å². The lowest BCUT2D eigenvalue weighted by atomic mass is 10.1. The molecule has 0 bridgehead atoms. The van der Waals surface area contributed by atoms with Gasteiger partial charge in [0.2, 0.25) is 0 Å². The molecule has 10 heavy (non-hydrogen) atoms. The van der Waals surface area contributed by atoms with Gasteiger partial charge in [0.1, 0.15) is 5.76 Å². The van der Waals surface area contributed by atoms with Gasteiger partial charge in [-0.05, 0) is 18.1 Å². The van der Waals surface area contributed by atoms with Crippen molar-refractivity contribution in [3.05, 3.63) is 36.6 Å². The van der Waals surface area contributed by atoms with Crippen LogP contribution in [-0.4, -0.2) is 5.11 Å². The quantitative estimate of drug-likeness (QED) is 0.467. The summed E-state index contributed by atoms with van der Waals surface area (Å²) in [5, 5.41) is 8.76. The Labute approximate surface area is 62.4 Å². The summed E-state index contributed by atoms with van der Waals surface area (Å²) in [6, 6.07) is 0. The van der Waals surface area contributed by atoms with Gasteiger partial charge in [-0.1, -0.05) is 32.6 Å². The van der Waals surface area contributed by atoms with E-state index < -0.39 is 0 Å². The lowest BCUT2D eigenvalue weighted by molar-refractivity contribution is 0.434. The highest BCUT2D eigenvalue weighted by atomic mass is 16.3. The lowest BCUT2D eigenvalue weighted by Gasteiger charge is -1.96. The molecule has 0 saturated heterocycles. The van der Waals surface area contributed by atoms with Gasteiger partial charge in [-0.25, -0.2) is 0 Å². The minimum atomic E-state index is 0.100. The SMILES string of the molecule is C=C/C(=C\C(=C)O)CCC. The van der Waals surface area contributed by atoms with Crippen LogP contribution in [0.1, 0.15) is 19.8 Å². The third-order valence-corrected chi connectivity index (χ3v) is 1.15. The van der Waals surface area contributed by atoms with Gasteiger partial charge in [0, 0.05) is 0 Å². The second-order valence-corrected chi connectivity index (χ2v) is 2.16. The Morgan fingerprint density at radius 1 is 1.60 bits per heavy atom. The predicted octanol–water partition coefficient (Wildman–Crippen LogP) is 2.97. The first kappa shape index (κ1) is 9.02. The molecular formula is C9H14O. The van der Waals surface area contributed by atoms with Crippen molar-refractivity contribution in [2.45, 2.75) is 19.8 Å². The van der Waals surface area contributed by atoms with Gasteiger partial charge in [-0.15, -0.1) is 0 Å². The van der Waals surface area contributed by atoms with E-state index in [9.17, 15) is 0 Å². The minimum Gasteiger partial charge on any atom is -0.509 e. The van der Waals surface area contributed by atoms with Crippen molar-refractivity contribution >= 4 is 0 Å². The average Bonchev–Trinajstić information content (AvgIpc) is 1.86. The zero-order valence-corrected chi connectivity index (χ0v) is 6.43. The van der Waals surface area contributed by atoms with Crippen molar-refractivity contribution in [3.63, 3.8) is 0 Å². The van der Waals surface area contributed by atoms with Crippen molar-refractivity contribution in [2.75, 3.05) is 0 Å². The number of allylic oxidation sites excluding steroid dienone is 3. The Kier molecular flexibility index (Phi) is 4.38. The van der Waals surface area contributed by atoms with E-state index >= 15 is 0 Å². The van der Waals surface area contributed by atoms with E-state index in [-0.39, 0.29) is 5.76 Å². The molecule has 0 saturated carbocycles. The second kappa shape index (κ2) is 4.86. The number of aliphatic hydroxyl groups is 1. The smallest absolute Gasteiger partial charge is 0.108 e. The molecule has 0 aromatic carbocycles. The Hall–Kier alpha value is -0.980. The van der Waals surface area contributed by atoms with Crippen LogP contribution in [0.3, 0.4) is 0 Å². The molecule has 0 aromatic rings. The van der Waals surface area contributed by atoms with Gasteiger partial charge in [0.25, 0.3) is 0 Å². The molecule has 0 aliphatic carbocycles. The summed E-state index contributed by atoms with van der Waals surface area (Å²) in [6.07, 6.45) is 5.38. The molecule has 1 N–H and O–H groups in total. The fourth-order valence-electron chi connectivity index (χ4n) is 0.736. The normalized spacial score (nSPS) is 11.1. The highest BCUT2D eigenvalue weighted by Crippen LogP contribution is 2.06. The summed E-state index contributed by atoms with van der Waals surface area (Å²) in [7, 11) is 0. The minimum absolute atomic E-state index is 0.100. The van der Waals surface area contributed by atoms with Crippen molar-refractivity contribution in [2.24, 2.45) is 0 Å². The van der Waals surface area contributed by atoms with Gasteiger partial charge in [-0.3, -0.25) is 0 Å². The molecular weight excluding hydrogens is 124 g/mol. The largest absolute Gasteiger partial charge is 0.509 e. The number of aliphatic hydroxyl groups excluding tert-OH is 1. The van der Waals surface area contributed by atoms with Crippen LogP contribution in [0, 0.1) is 0 Å². The van der Waals surface area contributed by atoms with Crippen LogP contribution in [0.15, 0.2) is 36.6 Å². The van der Waals surface area contributed by atoms with Crippen LogP contribution >= 0.6 is 0 Å². The molecule has 0 aliphatic heterocycles. The third kappa shape index (κ3) is 3.96. The van der Waals surface area contributed by atoms with Gasteiger partial charge < -0.3 is 5.11 Å². The summed E-state index contributed by atoms with van der Waals surface area (Å²) in [5.74, 6) is 0.100. The molecule has 56 valence electrons. The van der Waals surface area contributed by atoms with Crippen molar-refractivity contribution in [1.82, 2.24) is 0 Å². The number of hydrogen-bond acceptors (Lipinski definition) is 1. The van der Waals surface area contributed by atoms with E-state index in [2.05, 4.69) is 20.1 Å². The highest BCUT2D eigenvalue weighted by Gasteiger charge is 1.89. The van der Waals surface area contributed by atoms with Crippen LogP contribution < -0.4 is 0 Å². The van der Waals surface area contributed by atoms with E-state index in [4.69, 9.17) is 5.11 Å². The Bertz CT molecular complexity index is 154. The molecule has 0 spiro atoms. The Balaban J connectivity index is 4.03. The molecule has 0 aromatic heterocycles. The van der Waals surface area contributed by atoms with E-state index in [1.165, 1.54) is 0 Å². The van der Waals surface area contributed by atoms with Crippen molar-refractivity contribution in [3.8, 4) is 0 Å². The first-order valence-electron chi connectivity index (χ1n) is 3.41. The molecule has 0 unspecified atom stereocenters. The van der Waals surface area contributed by atoms with Crippen LogP contribution in [0.5, 0.6) is 0 Å². The van der Waals surface area contributed by atoms with Crippen LogP contribution in [0.4, 0.5) is 0 Å². The molecule has 0 rings (SSSR count). The number of rotatable bonds is 4. The Morgan fingerprint density at radius 2 is 2.20 bits per heavy atom. The first-order chi connectivity index (χ1) is 4.70. The molecule has 1 nitrogen and oxygen atoms in total. The van der Waals surface area contributed by atoms with Crippen molar-refractivity contribution in [1.29, 1.82) is 0 Å². The third-order valence-electron chi connectivity index (χ3n) is 1.15. The average molecular weight is 138 g/mol. The van der Waals surface area contributed by atoms with E-state index in [1.54, 1.807) is 12.2 Å². The number of hydrogen-bond donors (Lipinski definition) is 1. The molecule has 0 fully saturated rings. The maximum Gasteiger partial charge on any atom is 0.108 e. The van der Waals surface area contributed by atoms with E-state index in [0.717, 1.165) is 18.4 Å². The summed E-state index contributed by atoms with van der Waals surface area (Å²) >= 11 is 0. The summed E-state index contributed by atoms with van der Waals surface area (Å²) in [4.78, 5) is 0.